The molecule has 4 heteroatoms. The van der Waals surface area contributed by atoms with Gasteiger partial charge in [0.1, 0.15) is 0 Å². The topological polar surface area (TPSA) is 53.6 Å². The average Bonchev–Trinajstić information content (AvgIpc) is 2.39. The van der Waals surface area contributed by atoms with Crippen molar-refractivity contribution in [2.45, 2.75) is 26.7 Å². The Labute approximate surface area is 104 Å². The highest BCUT2D eigenvalue weighted by Gasteiger charge is 2.06. The van der Waals surface area contributed by atoms with Crippen molar-refractivity contribution in [3.8, 4) is 0 Å². The van der Waals surface area contributed by atoms with E-state index in [4.69, 9.17) is 5.84 Å². The van der Waals surface area contributed by atoms with Crippen LogP contribution < -0.4 is 16.2 Å². The molecular weight excluding hydrogens is 212 g/mol. The van der Waals surface area contributed by atoms with E-state index in [-0.39, 0.29) is 0 Å². The highest BCUT2D eigenvalue weighted by molar-refractivity contribution is 5.95. The molecule has 0 heterocycles. The first-order valence-corrected chi connectivity index (χ1v) is 6.06. The van der Waals surface area contributed by atoms with Crippen LogP contribution in [0.3, 0.4) is 0 Å². The van der Waals surface area contributed by atoms with Gasteiger partial charge in [0.25, 0.3) is 0 Å². The molecule has 0 amide bonds. The van der Waals surface area contributed by atoms with Crippen LogP contribution in [0.15, 0.2) is 29.3 Å². The minimum absolute atomic E-state index is 0.691. The highest BCUT2D eigenvalue weighted by Crippen LogP contribution is 2.14. The van der Waals surface area contributed by atoms with Crippen molar-refractivity contribution >= 4 is 11.6 Å². The van der Waals surface area contributed by atoms with Gasteiger partial charge >= 0.3 is 0 Å². The van der Waals surface area contributed by atoms with Crippen LogP contribution in [0.1, 0.15) is 25.8 Å². The molecule has 1 aromatic rings. The summed E-state index contributed by atoms with van der Waals surface area (Å²) in [6.07, 6.45) is 2.06. The number of hydrazine groups is 1. The number of rotatable bonds is 4. The predicted octanol–water partition coefficient (Wildman–Crippen LogP) is 1.91. The van der Waals surface area contributed by atoms with Gasteiger partial charge in [0.2, 0.25) is 5.96 Å². The lowest BCUT2D eigenvalue weighted by Crippen LogP contribution is -2.43. The summed E-state index contributed by atoms with van der Waals surface area (Å²) in [6, 6.07) is 8.41. The molecule has 1 aromatic carbocycles. The molecule has 0 aliphatic heterocycles. The van der Waals surface area contributed by atoms with Crippen LogP contribution in [-0.4, -0.2) is 19.6 Å². The Balaban J connectivity index is 2.82. The molecule has 4 nitrogen and oxygen atoms in total. The molecule has 0 spiro atoms. The number of nitrogens with one attached hydrogen (secondary N) is 1. The van der Waals surface area contributed by atoms with Crippen molar-refractivity contribution in [1.29, 1.82) is 0 Å². The van der Waals surface area contributed by atoms with Crippen molar-refractivity contribution in [2.24, 2.45) is 10.8 Å². The molecule has 0 fully saturated rings. The van der Waals surface area contributed by atoms with Crippen molar-refractivity contribution < 1.29 is 0 Å². The third kappa shape index (κ3) is 3.75. The van der Waals surface area contributed by atoms with Crippen LogP contribution in [0.25, 0.3) is 0 Å². The quantitative estimate of drug-likeness (QED) is 0.362. The maximum atomic E-state index is 5.49. The first-order valence-electron chi connectivity index (χ1n) is 6.06. The van der Waals surface area contributed by atoms with E-state index in [1.54, 1.807) is 0 Å². The summed E-state index contributed by atoms with van der Waals surface area (Å²) in [5, 5.41) is 0. The monoisotopic (exact) mass is 234 g/mol. The molecule has 0 saturated carbocycles. The normalized spacial score (nSPS) is 11.4. The molecule has 0 aliphatic rings. The van der Waals surface area contributed by atoms with Crippen LogP contribution in [0.2, 0.25) is 0 Å². The maximum Gasteiger partial charge on any atom is 0.212 e. The van der Waals surface area contributed by atoms with Gasteiger partial charge in [-0.05, 0) is 30.5 Å². The van der Waals surface area contributed by atoms with Gasteiger partial charge in [-0.2, -0.15) is 0 Å². The lowest BCUT2D eigenvalue weighted by molar-refractivity contribution is 0.889. The van der Waals surface area contributed by atoms with Crippen molar-refractivity contribution in [2.75, 3.05) is 18.5 Å². The molecule has 0 aliphatic carbocycles. The van der Waals surface area contributed by atoms with Gasteiger partial charge in [-0.3, -0.25) is 10.4 Å². The number of anilines is 1. The summed E-state index contributed by atoms with van der Waals surface area (Å²) in [6.45, 7) is 5.01. The number of hydrogen-bond donors (Lipinski definition) is 2. The summed E-state index contributed by atoms with van der Waals surface area (Å²) in [4.78, 5) is 6.34. The highest BCUT2D eigenvalue weighted by atomic mass is 15.4. The smallest absolute Gasteiger partial charge is 0.212 e. The zero-order chi connectivity index (χ0) is 12.7. The van der Waals surface area contributed by atoms with Crippen molar-refractivity contribution in [3.63, 3.8) is 0 Å². The lowest BCUT2D eigenvalue weighted by atomic mass is 10.1. The van der Waals surface area contributed by atoms with Crippen molar-refractivity contribution in [3.05, 3.63) is 29.8 Å². The minimum Gasteiger partial charge on any atom is -0.315 e. The predicted molar refractivity (Wildman–Crippen MR) is 74.1 cm³/mol. The molecule has 0 atom stereocenters. The zero-order valence-electron chi connectivity index (χ0n) is 10.9. The standard InChI is InChI=1S/C13H22N4/c1-4-10-15-13(16-14)17(3)12-8-6-11(5-2)7-9-12/h6-9H,4-5,10,14H2,1-3H3,(H,15,16). The van der Waals surface area contributed by atoms with E-state index < -0.39 is 0 Å². The number of aryl methyl sites for hydroxylation is 1. The molecule has 94 valence electrons. The molecule has 0 bridgehead atoms. The van der Waals surface area contributed by atoms with Gasteiger partial charge in [0, 0.05) is 19.3 Å². The molecule has 1 rings (SSSR count). The molecule has 0 radical (unpaired) electrons. The van der Waals surface area contributed by atoms with E-state index in [1.165, 1.54) is 5.56 Å². The number of benzene rings is 1. The van der Waals surface area contributed by atoms with Crippen LogP contribution in [-0.2, 0) is 6.42 Å². The van der Waals surface area contributed by atoms with Gasteiger partial charge in [-0.15, -0.1) is 0 Å². The van der Waals surface area contributed by atoms with E-state index >= 15 is 0 Å². The van der Waals surface area contributed by atoms with E-state index in [1.807, 2.05) is 11.9 Å². The fraction of sp³-hybridized carbons (Fsp3) is 0.462. The Kier molecular flexibility index (Phi) is 5.49. The molecule has 0 saturated heterocycles. The van der Waals surface area contributed by atoms with Gasteiger partial charge in [-0.25, -0.2) is 5.84 Å². The van der Waals surface area contributed by atoms with E-state index in [2.05, 4.69) is 48.5 Å². The van der Waals surface area contributed by atoms with Crippen LogP contribution in [0.4, 0.5) is 5.69 Å². The van der Waals surface area contributed by atoms with Crippen LogP contribution >= 0.6 is 0 Å². The van der Waals surface area contributed by atoms with Crippen molar-refractivity contribution in [1.82, 2.24) is 5.43 Å². The largest absolute Gasteiger partial charge is 0.315 e. The first kappa shape index (κ1) is 13.5. The summed E-state index contributed by atoms with van der Waals surface area (Å²) in [5.41, 5.74) is 5.05. The SMILES string of the molecule is CCCN=C(NN)N(C)c1ccc(CC)cc1. The summed E-state index contributed by atoms with van der Waals surface area (Å²) in [5.74, 6) is 6.18. The third-order valence-corrected chi connectivity index (χ3v) is 2.66. The van der Waals surface area contributed by atoms with Gasteiger partial charge < -0.3 is 4.90 Å². The lowest BCUT2D eigenvalue weighted by Gasteiger charge is -2.20. The summed E-state index contributed by atoms with van der Waals surface area (Å²) < 4.78 is 0. The average molecular weight is 234 g/mol. The second kappa shape index (κ2) is 6.91. The Morgan fingerprint density at radius 2 is 1.94 bits per heavy atom. The summed E-state index contributed by atoms with van der Waals surface area (Å²) >= 11 is 0. The first-order chi connectivity index (χ1) is 8.22. The number of nitrogens with zero attached hydrogens (tertiary/aromatic N) is 2. The fourth-order valence-corrected chi connectivity index (χ4v) is 1.54. The minimum atomic E-state index is 0.691. The molecule has 17 heavy (non-hydrogen) atoms. The van der Waals surface area contributed by atoms with Crippen LogP contribution in [0.5, 0.6) is 0 Å². The number of nitrogens with two attached hydrogens (primary N) is 1. The van der Waals surface area contributed by atoms with E-state index in [0.29, 0.717) is 5.96 Å². The van der Waals surface area contributed by atoms with Gasteiger partial charge in [-0.1, -0.05) is 26.0 Å². The molecule has 0 unspecified atom stereocenters. The maximum absolute atomic E-state index is 5.49. The van der Waals surface area contributed by atoms with Gasteiger partial charge in [0.05, 0.1) is 0 Å². The molecular formula is C13H22N4. The van der Waals surface area contributed by atoms with Crippen LogP contribution in [0, 0.1) is 0 Å². The Morgan fingerprint density at radius 3 is 2.41 bits per heavy atom. The van der Waals surface area contributed by atoms with E-state index in [0.717, 1.165) is 25.1 Å². The Bertz CT molecular complexity index is 356. The number of guanidine groups is 1. The molecule has 3 N–H and O–H groups in total. The number of aliphatic imine (C=N–C) groups is 1. The third-order valence-electron chi connectivity index (χ3n) is 2.66. The van der Waals surface area contributed by atoms with E-state index in [9.17, 15) is 0 Å². The Hall–Kier alpha value is -1.55. The zero-order valence-corrected chi connectivity index (χ0v) is 10.9. The second-order valence-corrected chi connectivity index (χ2v) is 3.93. The molecule has 0 aromatic heterocycles. The fourth-order valence-electron chi connectivity index (χ4n) is 1.54. The second-order valence-electron chi connectivity index (χ2n) is 3.93. The number of hydrogen-bond acceptors (Lipinski definition) is 2. The van der Waals surface area contributed by atoms with Gasteiger partial charge in [0.15, 0.2) is 0 Å². The summed E-state index contributed by atoms with van der Waals surface area (Å²) in [7, 11) is 1.95. The Morgan fingerprint density at radius 1 is 1.29 bits per heavy atom.